The van der Waals surface area contributed by atoms with Crippen molar-refractivity contribution >= 4 is 11.8 Å². The molecule has 2 heterocycles. The van der Waals surface area contributed by atoms with Crippen molar-refractivity contribution in [2.75, 3.05) is 13.1 Å². The Kier molecular flexibility index (Phi) is 7.59. The second kappa shape index (κ2) is 10.8. The van der Waals surface area contributed by atoms with Crippen molar-refractivity contribution in [3.63, 3.8) is 0 Å². The van der Waals surface area contributed by atoms with Crippen LogP contribution in [0.3, 0.4) is 0 Å². The van der Waals surface area contributed by atoms with Gasteiger partial charge in [-0.3, -0.25) is 14.6 Å². The Balaban J connectivity index is 1.40. The van der Waals surface area contributed by atoms with Gasteiger partial charge in [0.2, 0.25) is 11.8 Å². The number of benzene rings is 2. The summed E-state index contributed by atoms with van der Waals surface area (Å²) in [6.07, 6.45) is 2.46. The fourth-order valence-corrected chi connectivity index (χ4v) is 4.69. The number of halogens is 1. The molecule has 2 aromatic carbocycles. The van der Waals surface area contributed by atoms with Crippen LogP contribution in [0.4, 0.5) is 4.39 Å². The molecule has 1 fully saturated rings. The van der Waals surface area contributed by atoms with Crippen LogP contribution in [-0.4, -0.2) is 40.3 Å². The minimum Gasteiger partial charge on any atom is -0.342 e. The number of nitrogens with zero attached hydrogens (tertiary/aromatic N) is 2. The SMILES string of the molecule is CC(C)(NC(=O)Cc1ccccc1)C(=O)N1CCC[C@H](c2cccc(Cc3ccccc3F)n2)C1. The number of carbonyl (C=O) groups is 2. The molecule has 1 N–H and O–H groups in total. The zero-order valence-electron chi connectivity index (χ0n) is 20.3. The molecule has 1 aliphatic rings. The summed E-state index contributed by atoms with van der Waals surface area (Å²) < 4.78 is 14.1. The highest BCUT2D eigenvalue weighted by molar-refractivity contribution is 5.91. The number of piperidine rings is 1. The average molecular weight is 474 g/mol. The Bertz CT molecular complexity index is 1180. The van der Waals surface area contributed by atoms with E-state index in [1.165, 1.54) is 6.07 Å². The lowest BCUT2D eigenvalue weighted by molar-refractivity contribution is -0.141. The lowest BCUT2D eigenvalue weighted by Crippen LogP contribution is -2.57. The van der Waals surface area contributed by atoms with Crippen LogP contribution in [0.15, 0.2) is 72.8 Å². The summed E-state index contributed by atoms with van der Waals surface area (Å²) in [6.45, 7) is 4.72. The van der Waals surface area contributed by atoms with Gasteiger partial charge in [-0.2, -0.15) is 0 Å². The molecule has 3 aromatic rings. The molecular formula is C29H32FN3O2. The van der Waals surface area contributed by atoms with Gasteiger partial charge in [-0.25, -0.2) is 4.39 Å². The number of rotatable bonds is 7. The first-order chi connectivity index (χ1) is 16.8. The van der Waals surface area contributed by atoms with Gasteiger partial charge in [-0.15, -0.1) is 0 Å². The molecule has 1 atom stereocenters. The van der Waals surface area contributed by atoms with E-state index in [2.05, 4.69) is 5.32 Å². The van der Waals surface area contributed by atoms with Crippen LogP contribution in [0.5, 0.6) is 0 Å². The van der Waals surface area contributed by atoms with Crippen molar-refractivity contribution in [2.24, 2.45) is 0 Å². The third-order valence-electron chi connectivity index (χ3n) is 6.48. The molecule has 0 aliphatic carbocycles. The minimum absolute atomic E-state index is 0.0916. The number of pyridine rings is 1. The molecule has 5 nitrogen and oxygen atoms in total. The third kappa shape index (κ3) is 6.32. The third-order valence-corrected chi connectivity index (χ3v) is 6.48. The van der Waals surface area contributed by atoms with Crippen LogP contribution in [0.1, 0.15) is 55.1 Å². The van der Waals surface area contributed by atoms with Crippen LogP contribution in [0.2, 0.25) is 0 Å². The molecule has 1 saturated heterocycles. The zero-order valence-corrected chi connectivity index (χ0v) is 20.3. The van der Waals surface area contributed by atoms with Gasteiger partial charge < -0.3 is 10.2 Å². The first-order valence-electron chi connectivity index (χ1n) is 12.2. The lowest BCUT2D eigenvalue weighted by Gasteiger charge is -2.38. The number of nitrogens with one attached hydrogen (secondary N) is 1. The Labute approximate surface area is 206 Å². The van der Waals surface area contributed by atoms with Gasteiger partial charge in [0.25, 0.3) is 0 Å². The van der Waals surface area contributed by atoms with Crippen LogP contribution in [0, 0.1) is 5.82 Å². The molecule has 0 radical (unpaired) electrons. The van der Waals surface area contributed by atoms with Gasteiger partial charge in [-0.05, 0) is 56.0 Å². The van der Waals surface area contributed by atoms with Crippen molar-refractivity contribution < 1.29 is 14.0 Å². The molecule has 0 spiro atoms. The molecule has 35 heavy (non-hydrogen) atoms. The zero-order chi connectivity index (χ0) is 24.8. The summed E-state index contributed by atoms with van der Waals surface area (Å²) in [4.78, 5) is 32.6. The predicted octanol–water partition coefficient (Wildman–Crippen LogP) is 4.66. The van der Waals surface area contributed by atoms with Gasteiger partial charge >= 0.3 is 0 Å². The van der Waals surface area contributed by atoms with Gasteiger partial charge in [0.05, 0.1) is 6.42 Å². The molecule has 2 amide bonds. The number of hydrogen-bond acceptors (Lipinski definition) is 3. The smallest absolute Gasteiger partial charge is 0.247 e. The van der Waals surface area contributed by atoms with E-state index in [0.29, 0.717) is 25.1 Å². The average Bonchev–Trinajstić information content (AvgIpc) is 2.85. The first kappa shape index (κ1) is 24.6. The summed E-state index contributed by atoms with van der Waals surface area (Å²) in [5.74, 6) is -0.397. The molecule has 0 saturated carbocycles. The summed E-state index contributed by atoms with van der Waals surface area (Å²) in [6, 6.07) is 22.1. The molecule has 182 valence electrons. The van der Waals surface area contributed by atoms with Crippen molar-refractivity contribution in [1.82, 2.24) is 15.2 Å². The Hall–Kier alpha value is -3.54. The highest BCUT2D eigenvalue weighted by Gasteiger charge is 2.36. The van der Waals surface area contributed by atoms with E-state index in [-0.39, 0.29) is 30.0 Å². The Morgan fingerprint density at radius 2 is 1.77 bits per heavy atom. The van der Waals surface area contributed by atoms with E-state index in [1.807, 2.05) is 59.5 Å². The maximum atomic E-state index is 14.1. The van der Waals surface area contributed by atoms with Crippen molar-refractivity contribution in [2.45, 2.75) is 51.0 Å². The summed E-state index contributed by atoms with van der Waals surface area (Å²) in [5, 5.41) is 2.92. The van der Waals surface area contributed by atoms with Crippen LogP contribution in [-0.2, 0) is 22.4 Å². The Morgan fingerprint density at radius 3 is 2.54 bits per heavy atom. The van der Waals surface area contributed by atoms with Crippen LogP contribution < -0.4 is 5.32 Å². The monoisotopic (exact) mass is 473 g/mol. The molecule has 0 unspecified atom stereocenters. The maximum Gasteiger partial charge on any atom is 0.247 e. The number of hydrogen-bond donors (Lipinski definition) is 1. The predicted molar refractivity (Wildman–Crippen MR) is 134 cm³/mol. The van der Waals surface area contributed by atoms with Gasteiger partial charge in [-0.1, -0.05) is 54.6 Å². The van der Waals surface area contributed by atoms with Crippen LogP contribution >= 0.6 is 0 Å². The van der Waals surface area contributed by atoms with E-state index in [9.17, 15) is 14.0 Å². The van der Waals surface area contributed by atoms with E-state index in [0.717, 1.165) is 29.8 Å². The molecule has 6 heteroatoms. The molecular weight excluding hydrogens is 441 g/mol. The van der Waals surface area contributed by atoms with Gasteiger partial charge in [0.1, 0.15) is 11.4 Å². The molecule has 4 rings (SSSR count). The summed E-state index contributed by atoms with van der Waals surface area (Å²) in [5.41, 5.74) is 2.25. The second-order valence-corrected chi connectivity index (χ2v) is 9.75. The molecule has 1 aromatic heterocycles. The normalized spacial score (nSPS) is 16.1. The van der Waals surface area contributed by atoms with E-state index < -0.39 is 5.54 Å². The maximum absolute atomic E-state index is 14.1. The number of amides is 2. The largest absolute Gasteiger partial charge is 0.342 e. The fraction of sp³-hybridized carbons (Fsp3) is 0.345. The number of likely N-dealkylation sites (tertiary alicyclic amines) is 1. The molecule has 1 aliphatic heterocycles. The standard InChI is InChI=1S/C29H32FN3O2/c1-29(2,32-27(34)18-21-10-4-3-5-11-21)28(35)33-17-9-13-23(20-33)26-16-8-14-24(31-26)19-22-12-6-7-15-25(22)30/h3-8,10-12,14-16,23H,9,13,17-20H2,1-2H3,(H,32,34)/t23-/m0/s1. The van der Waals surface area contributed by atoms with Gasteiger partial charge in [0, 0.05) is 36.8 Å². The lowest BCUT2D eigenvalue weighted by atomic mass is 9.92. The second-order valence-electron chi connectivity index (χ2n) is 9.75. The topological polar surface area (TPSA) is 62.3 Å². The number of aromatic nitrogens is 1. The first-order valence-corrected chi connectivity index (χ1v) is 12.2. The van der Waals surface area contributed by atoms with Crippen molar-refractivity contribution in [3.05, 3.63) is 101 Å². The van der Waals surface area contributed by atoms with E-state index in [1.54, 1.807) is 26.0 Å². The van der Waals surface area contributed by atoms with Crippen molar-refractivity contribution in [1.29, 1.82) is 0 Å². The van der Waals surface area contributed by atoms with Crippen molar-refractivity contribution in [3.8, 4) is 0 Å². The molecule has 0 bridgehead atoms. The van der Waals surface area contributed by atoms with E-state index >= 15 is 0 Å². The number of carbonyl (C=O) groups excluding carboxylic acids is 2. The Morgan fingerprint density at radius 1 is 1.03 bits per heavy atom. The quantitative estimate of drug-likeness (QED) is 0.543. The van der Waals surface area contributed by atoms with Crippen LogP contribution in [0.25, 0.3) is 0 Å². The summed E-state index contributed by atoms with van der Waals surface area (Å²) >= 11 is 0. The highest BCUT2D eigenvalue weighted by Crippen LogP contribution is 2.27. The van der Waals surface area contributed by atoms with E-state index in [4.69, 9.17) is 4.98 Å². The highest BCUT2D eigenvalue weighted by atomic mass is 19.1. The fourth-order valence-electron chi connectivity index (χ4n) is 4.69. The van der Waals surface area contributed by atoms with Gasteiger partial charge in [0.15, 0.2) is 0 Å². The minimum atomic E-state index is -1.01. The summed E-state index contributed by atoms with van der Waals surface area (Å²) in [7, 11) is 0.